The van der Waals surface area contributed by atoms with E-state index in [4.69, 9.17) is 4.74 Å². The van der Waals surface area contributed by atoms with Crippen molar-refractivity contribution in [1.29, 1.82) is 0 Å². The maximum atomic E-state index is 13.0. The van der Waals surface area contributed by atoms with Gasteiger partial charge < -0.3 is 19.9 Å². The van der Waals surface area contributed by atoms with Gasteiger partial charge in [-0.05, 0) is 43.3 Å². The van der Waals surface area contributed by atoms with Crippen LogP contribution >= 0.6 is 0 Å². The van der Waals surface area contributed by atoms with Gasteiger partial charge in [0.1, 0.15) is 18.2 Å². The second-order valence-corrected chi connectivity index (χ2v) is 6.34. The van der Waals surface area contributed by atoms with E-state index in [1.54, 1.807) is 17.0 Å². The van der Waals surface area contributed by atoms with Gasteiger partial charge in [-0.3, -0.25) is 0 Å². The van der Waals surface area contributed by atoms with E-state index < -0.39 is 0 Å². The van der Waals surface area contributed by atoms with E-state index in [1.807, 2.05) is 31.2 Å². The van der Waals surface area contributed by atoms with Crippen LogP contribution < -0.4 is 15.0 Å². The SMILES string of the molecule is Cc1ccc(OCCNC(=O)N2CCN(c3ccc(F)cc3)CC2)cc1. The molecule has 3 rings (SSSR count). The normalized spacial score (nSPS) is 14.2. The number of hydrogen-bond acceptors (Lipinski definition) is 3. The van der Waals surface area contributed by atoms with Gasteiger partial charge in [0, 0.05) is 31.9 Å². The first kappa shape index (κ1) is 18.0. The fraction of sp³-hybridized carbons (Fsp3) is 0.350. The molecule has 2 aromatic carbocycles. The van der Waals surface area contributed by atoms with E-state index in [1.165, 1.54) is 17.7 Å². The molecule has 5 nitrogen and oxygen atoms in total. The van der Waals surface area contributed by atoms with Crippen LogP contribution in [0.15, 0.2) is 48.5 Å². The minimum Gasteiger partial charge on any atom is -0.492 e. The molecule has 1 saturated heterocycles. The highest BCUT2D eigenvalue weighted by molar-refractivity contribution is 5.74. The van der Waals surface area contributed by atoms with Gasteiger partial charge >= 0.3 is 6.03 Å². The minimum absolute atomic E-state index is 0.0729. The number of carbonyl (C=O) groups excluding carboxylic acids is 1. The van der Waals surface area contributed by atoms with Crippen molar-refractivity contribution >= 4 is 11.7 Å². The molecule has 0 spiro atoms. The number of anilines is 1. The van der Waals surface area contributed by atoms with Crippen LogP contribution in [0.5, 0.6) is 5.75 Å². The van der Waals surface area contributed by atoms with Crippen molar-refractivity contribution in [3.05, 3.63) is 59.9 Å². The Morgan fingerprint density at radius 1 is 1.04 bits per heavy atom. The lowest BCUT2D eigenvalue weighted by Gasteiger charge is -2.36. The van der Waals surface area contributed by atoms with Gasteiger partial charge in [-0.2, -0.15) is 0 Å². The van der Waals surface area contributed by atoms with Crippen molar-refractivity contribution in [2.45, 2.75) is 6.92 Å². The molecule has 0 atom stereocenters. The van der Waals surface area contributed by atoms with Crippen LogP contribution in [0, 0.1) is 12.7 Å². The Morgan fingerprint density at radius 3 is 2.35 bits per heavy atom. The zero-order chi connectivity index (χ0) is 18.4. The lowest BCUT2D eigenvalue weighted by Crippen LogP contribution is -2.52. The molecule has 1 aliphatic heterocycles. The quantitative estimate of drug-likeness (QED) is 0.837. The van der Waals surface area contributed by atoms with Crippen molar-refractivity contribution in [3.63, 3.8) is 0 Å². The summed E-state index contributed by atoms with van der Waals surface area (Å²) in [5.74, 6) is 0.567. The summed E-state index contributed by atoms with van der Waals surface area (Å²) in [5, 5.41) is 2.89. The van der Waals surface area contributed by atoms with Crippen LogP contribution in [0.3, 0.4) is 0 Å². The molecule has 1 N–H and O–H groups in total. The molecule has 1 fully saturated rings. The van der Waals surface area contributed by atoms with Crippen LogP contribution in [-0.4, -0.2) is 50.3 Å². The van der Waals surface area contributed by atoms with Crippen molar-refractivity contribution in [3.8, 4) is 5.75 Å². The van der Waals surface area contributed by atoms with Crippen LogP contribution in [-0.2, 0) is 0 Å². The van der Waals surface area contributed by atoms with Gasteiger partial charge in [0.05, 0.1) is 6.54 Å². The standard InChI is InChI=1S/C20H24FN3O2/c1-16-2-8-19(9-3-16)26-15-10-22-20(25)24-13-11-23(12-14-24)18-6-4-17(21)5-7-18/h2-9H,10-15H2,1H3,(H,22,25). The number of nitrogens with one attached hydrogen (secondary N) is 1. The minimum atomic E-state index is -0.236. The first-order valence-corrected chi connectivity index (χ1v) is 8.84. The maximum absolute atomic E-state index is 13.0. The Hall–Kier alpha value is -2.76. The van der Waals surface area contributed by atoms with Crippen molar-refractivity contribution in [2.75, 3.05) is 44.2 Å². The smallest absolute Gasteiger partial charge is 0.317 e. The third-order valence-electron chi connectivity index (χ3n) is 4.43. The summed E-state index contributed by atoms with van der Waals surface area (Å²) in [6.07, 6.45) is 0. The molecule has 2 amide bonds. The van der Waals surface area contributed by atoms with Crippen LogP contribution in [0.25, 0.3) is 0 Å². The second-order valence-electron chi connectivity index (χ2n) is 6.34. The highest BCUT2D eigenvalue weighted by Crippen LogP contribution is 2.17. The number of ether oxygens (including phenoxy) is 1. The summed E-state index contributed by atoms with van der Waals surface area (Å²) in [5.41, 5.74) is 2.17. The lowest BCUT2D eigenvalue weighted by molar-refractivity contribution is 0.191. The molecule has 1 aliphatic rings. The largest absolute Gasteiger partial charge is 0.492 e. The molecule has 1 heterocycles. The zero-order valence-electron chi connectivity index (χ0n) is 15.0. The van der Waals surface area contributed by atoms with Gasteiger partial charge in [-0.1, -0.05) is 17.7 Å². The second kappa shape index (κ2) is 8.56. The van der Waals surface area contributed by atoms with E-state index in [2.05, 4.69) is 10.2 Å². The Balaban J connectivity index is 1.37. The monoisotopic (exact) mass is 357 g/mol. The molecule has 0 unspecified atom stereocenters. The lowest BCUT2D eigenvalue weighted by atomic mass is 10.2. The molecule has 0 aliphatic carbocycles. The summed E-state index contributed by atoms with van der Waals surface area (Å²) in [6.45, 7) is 5.68. The van der Waals surface area contributed by atoms with Gasteiger partial charge in [0.2, 0.25) is 0 Å². The molecule has 0 saturated carbocycles. The summed E-state index contributed by atoms with van der Waals surface area (Å²) >= 11 is 0. The Bertz CT molecular complexity index is 711. The molecule has 0 aromatic heterocycles. The number of carbonyl (C=O) groups is 1. The molecule has 2 aromatic rings. The topological polar surface area (TPSA) is 44.8 Å². The zero-order valence-corrected chi connectivity index (χ0v) is 15.0. The average Bonchev–Trinajstić information content (AvgIpc) is 2.67. The summed E-state index contributed by atoms with van der Waals surface area (Å²) in [7, 11) is 0. The molecular formula is C20H24FN3O2. The fourth-order valence-electron chi connectivity index (χ4n) is 2.89. The summed E-state index contributed by atoms with van der Waals surface area (Å²) < 4.78 is 18.6. The Kier molecular flexibility index (Phi) is 5.94. The first-order valence-electron chi connectivity index (χ1n) is 8.84. The third kappa shape index (κ3) is 4.88. The van der Waals surface area contributed by atoms with Crippen molar-refractivity contribution in [1.82, 2.24) is 10.2 Å². The highest BCUT2D eigenvalue weighted by atomic mass is 19.1. The number of rotatable bonds is 5. The van der Waals surface area contributed by atoms with E-state index in [9.17, 15) is 9.18 Å². The number of benzene rings is 2. The predicted octanol–water partition coefficient (Wildman–Crippen LogP) is 3.04. The fourth-order valence-corrected chi connectivity index (χ4v) is 2.89. The predicted molar refractivity (Wildman–Crippen MR) is 100 cm³/mol. The van der Waals surface area contributed by atoms with Crippen LogP contribution in [0.2, 0.25) is 0 Å². The number of hydrogen-bond donors (Lipinski definition) is 1. The number of urea groups is 1. The number of nitrogens with zero attached hydrogens (tertiary/aromatic N) is 2. The van der Waals surface area contributed by atoms with Gasteiger partial charge in [0.15, 0.2) is 0 Å². The van der Waals surface area contributed by atoms with E-state index >= 15 is 0 Å². The third-order valence-corrected chi connectivity index (χ3v) is 4.43. The molecule has 0 bridgehead atoms. The summed E-state index contributed by atoms with van der Waals surface area (Å²) in [6, 6.07) is 14.2. The van der Waals surface area contributed by atoms with Crippen LogP contribution in [0.1, 0.15) is 5.56 Å². The van der Waals surface area contributed by atoms with Crippen molar-refractivity contribution < 1.29 is 13.9 Å². The van der Waals surface area contributed by atoms with E-state index in [0.29, 0.717) is 26.2 Å². The van der Waals surface area contributed by atoms with Gasteiger partial charge in [-0.15, -0.1) is 0 Å². The molecule has 6 heteroatoms. The molecular weight excluding hydrogens is 333 g/mol. The number of amides is 2. The molecule has 138 valence electrons. The number of piperazine rings is 1. The molecule has 0 radical (unpaired) electrons. The van der Waals surface area contributed by atoms with Gasteiger partial charge in [-0.25, -0.2) is 9.18 Å². The Morgan fingerprint density at radius 2 is 1.69 bits per heavy atom. The first-order chi connectivity index (χ1) is 12.6. The summed E-state index contributed by atoms with van der Waals surface area (Å²) in [4.78, 5) is 16.2. The van der Waals surface area contributed by atoms with E-state index in [-0.39, 0.29) is 11.8 Å². The highest BCUT2D eigenvalue weighted by Gasteiger charge is 2.20. The van der Waals surface area contributed by atoms with Crippen LogP contribution in [0.4, 0.5) is 14.9 Å². The number of aryl methyl sites for hydroxylation is 1. The number of halogens is 1. The van der Waals surface area contributed by atoms with E-state index in [0.717, 1.165) is 24.5 Å². The molecule has 26 heavy (non-hydrogen) atoms. The maximum Gasteiger partial charge on any atom is 0.317 e. The Labute approximate surface area is 153 Å². The van der Waals surface area contributed by atoms with Gasteiger partial charge in [0.25, 0.3) is 0 Å². The van der Waals surface area contributed by atoms with Crippen molar-refractivity contribution in [2.24, 2.45) is 0 Å². The average molecular weight is 357 g/mol.